The van der Waals surface area contributed by atoms with Crippen LogP contribution < -0.4 is 0 Å². The third-order valence-corrected chi connectivity index (χ3v) is 3.06. The van der Waals surface area contributed by atoms with E-state index in [4.69, 9.17) is 0 Å². The van der Waals surface area contributed by atoms with Crippen LogP contribution in [0.25, 0.3) is 0 Å². The molecule has 2 aliphatic carbocycles. The number of allylic oxidation sites excluding steroid dienone is 8. The summed E-state index contributed by atoms with van der Waals surface area (Å²) in [6.07, 6.45) is 18.8. The Bertz CT molecular complexity index is 380. The Morgan fingerprint density at radius 3 is 2.75 bits per heavy atom. The number of carbonyl (C=O) groups is 1. The molecule has 0 saturated carbocycles. The predicted octanol–water partition coefficient (Wildman–Crippen LogP) is 3.89. The minimum Gasteiger partial charge on any atom is -0.290 e. The Morgan fingerprint density at radius 1 is 1.12 bits per heavy atom. The van der Waals surface area contributed by atoms with Gasteiger partial charge in [0.1, 0.15) is 0 Å². The van der Waals surface area contributed by atoms with E-state index in [9.17, 15) is 4.79 Å². The maximum absolute atomic E-state index is 11.8. The lowest BCUT2D eigenvalue weighted by atomic mass is 9.96. The molecule has 0 aliphatic heterocycles. The molecule has 0 unspecified atom stereocenters. The van der Waals surface area contributed by atoms with Gasteiger partial charge in [-0.1, -0.05) is 30.4 Å². The van der Waals surface area contributed by atoms with E-state index in [2.05, 4.69) is 24.3 Å². The van der Waals surface area contributed by atoms with E-state index < -0.39 is 0 Å². The van der Waals surface area contributed by atoms with Gasteiger partial charge in [-0.05, 0) is 55.7 Å². The van der Waals surface area contributed by atoms with Crippen LogP contribution in [0.1, 0.15) is 38.5 Å². The van der Waals surface area contributed by atoms with E-state index in [1.807, 2.05) is 6.08 Å². The number of hydrogen-bond donors (Lipinski definition) is 0. The highest BCUT2D eigenvalue weighted by atomic mass is 16.1. The van der Waals surface area contributed by atoms with Crippen molar-refractivity contribution < 1.29 is 4.79 Å². The molecule has 0 amide bonds. The number of hydrogen-bond acceptors (Lipinski definition) is 1. The Morgan fingerprint density at radius 2 is 2.06 bits per heavy atom. The van der Waals surface area contributed by atoms with Crippen LogP contribution in [0.4, 0.5) is 0 Å². The summed E-state index contributed by atoms with van der Waals surface area (Å²) < 4.78 is 0. The highest BCUT2D eigenvalue weighted by molar-refractivity contribution is 6.04. The molecule has 1 nitrogen and oxygen atoms in total. The summed E-state index contributed by atoms with van der Waals surface area (Å²) in [6.45, 7) is 0. The zero-order valence-corrected chi connectivity index (χ0v) is 9.61. The first-order chi connectivity index (χ1) is 7.86. The van der Waals surface area contributed by atoms with Crippen molar-refractivity contribution in [3.63, 3.8) is 0 Å². The normalized spacial score (nSPS) is 20.8. The van der Waals surface area contributed by atoms with Crippen LogP contribution in [-0.4, -0.2) is 5.78 Å². The summed E-state index contributed by atoms with van der Waals surface area (Å²) in [6, 6.07) is 0. The SMILES string of the molecule is O=C(/C=C/C1=CCCC=C1)C1=CCCCC1. The maximum Gasteiger partial charge on any atom is 0.181 e. The average Bonchev–Trinajstić information content (AvgIpc) is 2.38. The molecule has 0 bridgehead atoms. The molecular formula is C15H18O. The van der Waals surface area contributed by atoms with Crippen molar-refractivity contribution in [1.82, 2.24) is 0 Å². The second-order valence-electron chi connectivity index (χ2n) is 4.36. The van der Waals surface area contributed by atoms with Gasteiger partial charge in [0, 0.05) is 0 Å². The monoisotopic (exact) mass is 214 g/mol. The smallest absolute Gasteiger partial charge is 0.181 e. The van der Waals surface area contributed by atoms with Crippen molar-refractivity contribution in [2.45, 2.75) is 38.5 Å². The maximum atomic E-state index is 11.8. The second kappa shape index (κ2) is 5.64. The average molecular weight is 214 g/mol. The van der Waals surface area contributed by atoms with E-state index in [0.29, 0.717) is 0 Å². The molecule has 2 aliphatic rings. The number of rotatable bonds is 3. The number of ketones is 1. The van der Waals surface area contributed by atoms with E-state index in [-0.39, 0.29) is 5.78 Å². The lowest BCUT2D eigenvalue weighted by Crippen LogP contribution is -2.02. The second-order valence-corrected chi connectivity index (χ2v) is 4.36. The third-order valence-electron chi connectivity index (χ3n) is 3.06. The first-order valence-corrected chi connectivity index (χ1v) is 6.14. The van der Waals surface area contributed by atoms with Gasteiger partial charge in [-0.2, -0.15) is 0 Å². The Hall–Kier alpha value is -1.37. The van der Waals surface area contributed by atoms with Gasteiger partial charge in [0.2, 0.25) is 0 Å². The van der Waals surface area contributed by atoms with Gasteiger partial charge >= 0.3 is 0 Å². The highest BCUT2D eigenvalue weighted by Gasteiger charge is 2.09. The standard InChI is InChI=1S/C15H18O/c16-15(14-9-5-2-6-10-14)12-11-13-7-3-1-4-8-13/h3,7-9,11-12H,1-2,4-6,10H2/b12-11+. The van der Waals surface area contributed by atoms with Crippen molar-refractivity contribution in [2.24, 2.45) is 0 Å². The Balaban J connectivity index is 1.96. The largest absolute Gasteiger partial charge is 0.290 e. The first kappa shape index (κ1) is 11.1. The molecule has 0 N–H and O–H groups in total. The lowest BCUT2D eigenvalue weighted by Gasteiger charge is -2.09. The topological polar surface area (TPSA) is 17.1 Å². The van der Waals surface area contributed by atoms with Crippen LogP contribution in [0, 0.1) is 0 Å². The fraction of sp³-hybridized carbons (Fsp3) is 0.400. The molecule has 0 aromatic carbocycles. The third kappa shape index (κ3) is 3.06. The summed E-state index contributed by atoms with van der Waals surface area (Å²) in [4.78, 5) is 11.8. The Labute approximate surface area is 97.2 Å². The molecule has 0 saturated heterocycles. The summed E-state index contributed by atoms with van der Waals surface area (Å²) in [5.74, 6) is 0.194. The van der Waals surface area contributed by atoms with Crippen LogP contribution in [0.5, 0.6) is 0 Å². The van der Waals surface area contributed by atoms with Gasteiger partial charge in [-0.3, -0.25) is 4.79 Å². The van der Waals surface area contributed by atoms with E-state index >= 15 is 0 Å². The van der Waals surface area contributed by atoms with Gasteiger partial charge in [-0.25, -0.2) is 0 Å². The van der Waals surface area contributed by atoms with E-state index in [1.54, 1.807) is 6.08 Å². The summed E-state index contributed by atoms with van der Waals surface area (Å²) in [5.41, 5.74) is 2.17. The summed E-state index contributed by atoms with van der Waals surface area (Å²) in [7, 11) is 0. The molecule has 0 fully saturated rings. The molecule has 0 aromatic rings. The zero-order chi connectivity index (χ0) is 11.2. The minimum atomic E-state index is 0.194. The fourth-order valence-electron chi connectivity index (χ4n) is 2.10. The van der Waals surface area contributed by atoms with Crippen molar-refractivity contribution in [3.05, 3.63) is 47.6 Å². The van der Waals surface area contributed by atoms with Crippen molar-refractivity contribution >= 4 is 5.78 Å². The summed E-state index contributed by atoms with van der Waals surface area (Å²) in [5, 5.41) is 0. The zero-order valence-electron chi connectivity index (χ0n) is 9.61. The Kier molecular flexibility index (Phi) is 3.92. The molecular weight excluding hydrogens is 196 g/mol. The van der Waals surface area contributed by atoms with Crippen molar-refractivity contribution in [2.75, 3.05) is 0 Å². The van der Waals surface area contributed by atoms with Gasteiger partial charge in [-0.15, -0.1) is 0 Å². The quantitative estimate of drug-likeness (QED) is 0.651. The van der Waals surface area contributed by atoms with Crippen LogP contribution in [-0.2, 0) is 4.79 Å². The molecule has 1 heteroatoms. The van der Waals surface area contributed by atoms with E-state index in [1.165, 1.54) is 6.42 Å². The molecule has 0 spiro atoms. The molecule has 0 atom stereocenters. The van der Waals surface area contributed by atoms with Gasteiger partial charge in [0.15, 0.2) is 5.78 Å². The highest BCUT2D eigenvalue weighted by Crippen LogP contribution is 2.19. The molecule has 0 aromatic heterocycles. The van der Waals surface area contributed by atoms with Gasteiger partial charge in [0.25, 0.3) is 0 Å². The lowest BCUT2D eigenvalue weighted by molar-refractivity contribution is -0.111. The first-order valence-electron chi connectivity index (χ1n) is 6.14. The fourth-order valence-corrected chi connectivity index (χ4v) is 2.10. The van der Waals surface area contributed by atoms with Crippen LogP contribution in [0.3, 0.4) is 0 Å². The molecule has 0 heterocycles. The molecule has 84 valence electrons. The molecule has 0 radical (unpaired) electrons. The van der Waals surface area contributed by atoms with Crippen molar-refractivity contribution in [3.8, 4) is 0 Å². The van der Waals surface area contributed by atoms with Crippen LogP contribution in [0.2, 0.25) is 0 Å². The van der Waals surface area contributed by atoms with Crippen LogP contribution >= 0.6 is 0 Å². The van der Waals surface area contributed by atoms with E-state index in [0.717, 1.165) is 43.3 Å². The van der Waals surface area contributed by atoms with Crippen LogP contribution in [0.15, 0.2) is 47.6 Å². The molecule has 2 rings (SSSR count). The summed E-state index contributed by atoms with van der Waals surface area (Å²) >= 11 is 0. The van der Waals surface area contributed by atoms with Crippen molar-refractivity contribution in [1.29, 1.82) is 0 Å². The van der Waals surface area contributed by atoms with Gasteiger partial charge < -0.3 is 0 Å². The van der Waals surface area contributed by atoms with Gasteiger partial charge in [0.05, 0.1) is 0 Å². The molecule has 16 heavy (non-hydrogen) atoms. The minimum absolute atomic E-state index is 0.194. The predicted molar refractivity (Wildman–Crippen MR) is 67.2 cm³/mol. The number of carbonyl (C=O) groups excluding carboxylic acids is 1.